The van der Waals surface area contributed by atoms with Crippen LogP contribution in [-0.2, 0) is 11.2 Å². The number of ketones is 1. The second-order valence-electron chi connectivity index (χ2n) is 3.45. The molecule has 1 heterocycles. The minimum Gasteiger partial charge on any atom is -0.472 e. The summed E-state index contributed by atoms with van der Waals surface area (Å²) in [6.07, 6.45) is 4.38. The fourth-order valence-electron chi connectivity index (χ4n) is 1.15. The van der Waals surface area contributed by atoms with E-state index in [9.17, 15) is 4.79 Å². The third-order valence-electron chi connectivity index (χ3n) is 1.62. The Kier molecular flexibility index (Phi) is 3.09. The lowest BCUT2D eigenvalue weighted by atomic mass is 10.0. The van der Waals surface area contributed by atoms with Gasteiger partial charge in [0.15, 0.2) is 0 Å². The zero-order valence-corrected chi connectivity index (χ0v) is 7.54. The number of Topliss-reactive ketones (excluding diaryl/α,β-unsaturated/α-hetero) is 1. The van der Waals surface area contributed by atoms with Crippen molar-refractivity contribution in [1.82, 2.24) is 0 Å². The normalized spacial score (nSPS) is 10.6. The van der Waals surface area contributed by atoms with Crippen LogP contribution in [0.15, 0.2) is 23.0 Å². The highest BCUT2D eigenvalue weighted by molar-refractivity contribution is 5.80. The minimum absolute atomic E-state index is 0.284. The van der Waals surface area contributed by atoms with Crippen LogP contribution in [0.1, 0.15) is 25.8 Å². The Labute approximate surface area is 72.6 Å². The SMILES string of the molecule is CC(C)CC(=O)Cc1ccoc1. The predicted molar refractivity (Wildman–Crippen MR) is 46.9 cm³/mol. The zero-order valence-electron chi connectivity index (χ0n) is 7.54. The molecule has 1 aromatic rings. The van der Waals surface area contributed by atoms with Gasteiger partial charge >= 0.3 is 0 Å². The quantitative estimate of drug-likeness (QED) is 0.687. The third kappa shape index (κ3) is 2.91. The van der Waals surface area contributed by atoms with Crippen LogP contribution in [0.3, 0.4) is 0 Å². The van der Waals surface area contributed by atoms with E-state index in [1.165, 1.54) is 0 Å². The first kappa shape index (κ1) is 9.04. The average molecular weight is 166 g/mol. The molecule has 0 bridgehead atoms. The Morgan fingerprint density at radius 2 is 2.33 bits per heavy atom. The minimum atomic E-state index is 0.284. The molecule has 0 spiro atoms. The lowest BCUT2D eigenvalue weighted by molar-refractivity contribution is -0.119. The summed E-state index contributed by atoms with van der Waals surface area (Å²) in [7, 11) is 0. The van der Waals surface area contributed by atoms with Crippen molar-refractivity contribution in [2.45, 2.75) is 26.7 Å². The van der Waals surface area contributed by atoms with Gasteiger partial charge in [-0.3, -0.25) is 4.79 Å². The van der Waals surface area contributed by atoms with E-state index in [1.54, 1.807) is 12.5 Å². The topological polar surface area (TPSA) is 30.2 Å². The molecule has 0 atom stereocenters. The van der Waals surface area contributed by atoms with E-state index in [-0.39, 0.29) is 5.78 Å². The summed E-state index contributed by atoms with van der Waals surface area (Å²) < 4.78 is 4.87. The number of carbonyl (C=O) groups is 1. The summed E-state index contributed by atoms with van der Waals surface area (Å²) in [6, 6.07) is 1.83. The van der Waals surface area contributed by atoms with E-state index in [0.29, 0.717) is 18.8 Å². The first-order chi connectivity index (χ1) is 5.68. The van der Waals surface area contributed by atoms with Gasteiger partial charge in [-0.1, -0.05) is 13.8 Å². The number of rotatable bonds is 4. The Bertz CT molecular complexity index is 234. The van der Waals surface area contributed by atoms with Crippen molar-refractivity contribution in [1.29, 1.82) is 0 Å². The van der Waals surface area contributed by atoms with E-state index in [4.69, 9.17) is 4.42 Å². The smallest absolute Gasteiger partial charge is 0.137 e. The molecule has 0 radical (unpaired) electrons. The number of carbonyl (C=O) groups excluding carboxylic acids is 1. The highest BCUT2D eigenvalue weighted by atomic mass is 16.3. The first-order valence-electron chi connectivity index (χ1n) is 4.21. The molecule has 2 heteroatoms. The fraction of sp³-hybridized carbons (Fsp3) is 0.500. The number of furan rings is 1. The van der Waals surface area contributed by atoms with E-state index < -0.39 is 0 Å². The molecule has 1 aromatic heterocycles. The molecule has 0 fully saturated rings. The van der Waals surface area contributed by atoms with Crippen LogP contribution in [0.25, 0.3) is 0 Å². The molecule has 0 aliphatic carbocycles. The van der Waals surface area contributed by atoms with Crippen molar-refractivity contribution < 1.29 is 9.21 Å². The van der Waals surface area contributed by atoms with Gasteiger partial charge in [0.05, 0.1) is 12.5 Å². The maximum atomic E-state index is 11.3. The summed E-state index contributed by atoms with van der Waals surface area (Å²) in [5.41, 5.74) is 0.973. The van der Waals surface area contributed by atoms with Gasteiger partial charge in [-0.15, -0.1) is 0 Å². The number of hydrogen-bond acceptors (Lipinski definition) is 2. The monoisotopic (exact) mass is 166 g/mol. The van der Waals surface area contributed by atoms with Crippen LogP contribution >= 0.6 is 0 Å². The summed E-state index contributed by atoms with van der Waals surface area (Å²) >= 11 is 0. The van der Waals surface area contributed by atoms with Gasteiger partial charge in [-0.05, 0) is 17.5 Å². The van der Waals surface area contributed by atoms with Crippen LogP contribution < -0.4 is 0 Å². The van der Waals surface area contributed by atoms with Crippen LogP contribution in [0.4, 0.5) is 0 Å². The van der Waals surface area contributed by atoms with Gasteiger partial charge in [0.2, 0.25) is 0 Å². The van der Waals surface area contributed by atoms with Gasteiger partial charge < -0.3 is 4.42 Å². The van der Waals surface area contributed by atoms with Crippen molar-refractivity contribution >= 4 is 5.78 Å². The molecule has 0 aliphatic heterocycles. The van der Waals surface area contributed by atoms with Crippen molar-refractivity contribution in [2.24, 2.45) is 5.92 Å². The van der Waals surface area contributed by atoms with Crippen LogP contribution in [0.5, 0.6) is 0 Å². The van der Waals surface area contributed by atoms with Crippen LogP contribution in [-0.4, -0.2) is 5.78 Å². The molecule has 0 N–H and O–H groups in total. The van der Waals surface area contributed by atoms with Crippen molar-refractivity contribution in [3.05, 3.63) is 24.2 Å². The number of hydrogen-bond donors (Lipinski definition) is 0. The summed E-state index contributed by atoms with van der Waals surface area (Å²) in [4.78, 5) is 11.3. The largest absolute Gasteiger partial charge is 0.472 e. The lowest BCUT2D eigenvalue weighted by Gasteiger charge is -2.01. The molecule has 66 valence electrons. The van der Waals surface area contributed by atoms with E-state index in [0.717, 1.165) is 5.56 Å². The second-order valence-corrected chi connectivity index (χ2v) is 3.45. The van der Waals surface area contributed by atoms with E-state index in [1.807, 2.05) is 19.9 Å². The van der Waals surface area contributed by atoms with E-state index >= 15 is 0 Å². The van der Waals surface area contributed by atoms with Gasteiger partial charge in [0.25, 0.3) is 0 Å². The molecule has 1 rings (SSSR count). The Morgan fingerprint density at radius 3 is 2.83 bits per heavy atom. The summed E-state index contributed by atoms with van der Waals surface area (Å²) in [5.74, 6) is 0.732. The molecular weight excluding hydrogens is 152 g/mol. The molecule has 0 aromatic carbocycles. The van der Waals surface area contributed by atoms with Gasteiger partial charge in [-0.2, -0.15) is 0 Å². The lowest BCUT2D eigenvalue weighted by Crippen LogP contribution is -2.05. The highest BCUT2D eigenvalue weighted by Crippen LogP contribution is 2.06. The van der Waals surface area contributed by atoms with Crippen LogP contribution in [0, 0.1) is 5.92 Å². The summed E-state index contributed by atoms with van der Waals surface area (Å²) in [5, 5.41) is 0. The second kappa shape index (κ2) is 4.10. The Balaban J connectivity index is 2.37. The van der Waals surface area contributed by atoms with Crippen LogP contribution in [0.2, 0.25) is 0 Å². The molecule has 2 nitrogen and oxygen atoms in total. The molecule has 12 heavy (non-hydrogen) atoms. The molecule has 0 unspecified atom stereocenters. The Hall–Kier alpha value is -1.05. The molecule has 0 aliphatic rings. The Morgan fingerprint density at radius 1 is 1.58 bits per heavy atom. The molecular formula is C10H14O2. The van der Waals surface area contributed by atoms with Crippen molar-refractivity contribution in [2.75, 3.05) is 0 Å². The molecule has 0 saturated heterocycles. The van der Waals surface area contributed by atoms with Gasteiger partial charge in [0.1, 0.15) is 5.78 Å². The third-order valence-corrected chi connectivity index (χ3v) is 1.62. The maximum Gasteiger partial charge on any atom is 0.137 e. The molecule has 0 saturated carbocycles. The standard InChI is InChI=1S/C10H14O2/c1-8(2)5-10(11)6-9-3-4-12-7-9/h3-4,7-8H,5-6H2,1-2H3. The fourth-order valence-corrected chi connectivity index (χ4v) is 1.15. The van der Waals surface area contributed by atoms with Gasteiger partial charge in [0, 0.05) is 12.8 Å². The summed E-state index contributed by atoms with van der Waals surface area (Å²) in [6.45, 7) is 4.10. The van der Waals surface area contributed by atoms with Crippen molar-refractivity contribution in [3.8, 4) is 0 Å². The maximum absolute atomic E-state index is 11.3. The highest BCUT2D eigenvalue weighted by Gasteiger charge is 2.06. The molecule has 0 amide bonds. The first-order valence-corrected chi connectivity index (χ1v) is 4.21. The zero-order chi connectivity index (χ0) is 8.97. The average Bonchev–Trinajstić information content (AvgIpc) is 2.37. The predicted octanol–water partition coefficient (Wildman–Crippen LogP) is 2.44. The van der Waals surface area contributed by atoms with Crippen molar-refractivity contribution in [3.63, 3.8) is 0 Å². The van der Waals surface area contributed by atoms with Gasteiger partial charge in [-0.25, -0.2) is 0 Å². The van der Waals surface area contributed by atoms with E-state index in [2.05, 4.69) is 0 Å².